The van der Waals surface area contributed by atoms with Gasteiger partial charge in [0.25, 0.3) is 0 Å². The van der Waals surface area contributed by atoms with Crippen LogP contribution in [0.25, 0.3) is 0 Å². The molecule has 1 atom stereocenters. The normalized spacial score (nSPS) is 17.0. The van der Waals surface area contributed by atoms with Crippen LogP contribution < -0.4 is 5.32 Å². The fourth-order valence-corrected chi connectivity index (χ4v) is 3.43. The second-order valence-electron chi connectivity index (χ2n) is 7.29. The molecule has 1 aromatic heterocycles. The quantitative estimate of drug-likeness (QED) is 0.692. The van der Waals surface area contributed by atoms with E-state index < -0.39 is 17.7 Å². The van der Waals surface area contributed by atoms with Gasteiger partial charge in [-0.2, -0.15) is 18.3 Å². The highest BCUT2D eigenvalue weighted by atomic mass is 19.4. The average Bonchev–Trinajstić information content (AvgIpc) is 3.24. The van der Waals surface area contributed by atoms with Crippen molar-refractivity contribution in [2.24, 2.45) is 5.92 Å². The Kier molecular flexibility index (Phi) is 6.24. The fourth-order valence-electron chi connectivity index (χ4n) is 3.43. The third kappa shape index (κ3) is 5.36. The second kappa shape index (κ2) is 8.67. The monoisotopic (exact) mass is 408 g/mol. The van der Waals surface area contributed by atoms with E-state index in [9.17, 15) is 22.8 Å². The first-order valence-electron chi connectivity index (χ1n) is 9.44. The molecule has 1 aliphatic rings. The summed E-state index contributed by atoms with van der Waals surface area (Å²) in [5, 5.41) is 9.66. The first-order valence-corrected chi connectivity index (χ1v) is 9.44. The highest BCUT2D eigenvalue weighted by Gasteiger charge is 2.35. The first kappa shape index (κ1) is 20.9. The number of amides is 2. The Hall–Kier alpha value is -2.84. The molecule has 1 unspecified atom stereocenters. The van der Waals surface area contributed by atoms with Crippen LogP contribution in [0, 0.1) is 12.8 Å². The van der Waals surface area contributed by atoms with Gasteiger partial charge >= 0.3 is 6.18 Å². The predicted octanol–water partition coefficient (Wildman–Crippen LogP) is 2.83. The number of hydrogen-bond acceptors (Lipinski definition) is 3. The number of H-pyrrole nitrogens is 1. The summed E-state index contributed by atoms with van der Waals surface area (Å²) >= 11 is 0. The molecule has 156 valence electrons. The Morgan fingerprint density at radius 2 is 2.17 bits per heavy atom. The number of aromatic nitrogens is 2. The number of aryl methyl sites for hydroxylation is 2. The standard InChI is InChI=1S/C20H23F3N4O2/c1-13-15(10-25-26-13)5-3-7-24-19(29)16-9-18(28)27(12-16)11-14-4-2-6-17(8-14)20(21,22)23/h2,4,6,8,10,16H,3,5,7,9,11-12H2,1H3,(H,24,29)(H,25,26). The van der Waals surface area contributed by atoms with Crippen molar-refractivity contribution in [3.63, 3.8) is 0 Å². The van der Waals surface area contributed by atoms with Crippen LogP contribution >= 0.6 is 0 Å². The van der Waals surface area contributed by atoms with Gasteiger partial charge in [0.05, 0.1) is 17.7 Å². The molecule has 2 heterocycles. The summed E-state index contributed by atoms with van der Waals surface area (Å²) in [6.07, 6.45) is -1.05. The highest BCUT2D eigenvalue weighted by molar-refractivity contribution is 5.89. The summed E-state index contributed by atoms with van der Waals surface area (Å²) in [6.45, 7) is 2.69. The molecule has 29 heavy (non-hydrogen) atoms. The minimum Gasteiger partial charge on any atom is -0.356 e. The molecule has 3 rings (SSSR count). The number of benzene rings is 1. The molecule has 9 heteroatoms. The molecule has 0 aliphatic carbocycles. The molecule has 2 aromatic rings. The number of carbonyl (C=O) groups is 2. The van der Waals surface area contributed by atoms with Crippen molar-refractivity contribution in [3.8, 4) is 0 Å². The third-order valence-corrected chi connectivity index (χ3v) is 5.07. The van der Waals surface area contributed by atoms with Crippen LogP contribution in [0.5, 0.6) is 0 Å². The van der Waals surface area contributed by atoms with Gasteiger partial charge in [0.2, 0.25) is 11.8 Å². The molecule has 0 bridgehead atoms. The fraction of sp³-hybridized carbons (Fsp3) is 0.450. The molecule has 1 aliphatic heterocycles. The van der Waals surface area contributed by atoms with Crippen molar-refractivity contribution in [3.05, 3.63) is 52.8 Å². The van der Waals surface area contributed by atoms with Gasteiger partial charge in [-0.3, -0.25) is 14.7 Å². The Morgan fingerprint density at radius 3 is 2.86 bits per heavy atom. The second-order valence-corrected chi connectivity index (χ2v) is 7.29. The van der Waals surface area contributed by atoms with Gasteiger partial charge in [-0.1, -0.05) is 12.1 Å². The molecule has 1 aromatic carbocycles. The SMILES string of the molecule is Cc1[nH]ncc1CCCNC(=O)C1CC(=O)N(Cc2cccc(C(F)(F)F)c2)C1. The summed E-state index contributed by atoms with van der Waals surface area (Å²) in [5.74, 6) is -0.908. The minimum atomic E-state index is -4.43. The number of carbonyl (C=O) groups excluding carboxylic acids is 2. The lowest BCUT2D eigenvalue weighted by molar-refractivity contribution is -0.137. The Morgan fingerprint density at radius 1 is 1.38 bits per heavy atom. The molecule has 0 saturated carbocycles. The Bertz CT molecular complexity index is 879. The van der Waals surface area contributed by atoms with E-state index in [2.05, 4.69) is 15.5 Å². The van der Waals surface area contributed by atoms with E-state index in [-0.39, 0.29) is 31.3 Å². The van der Waals surface area contributed by atoms with Gasteiger partial charge in [-0.05, 0) is 43.0 Å². The number of likely N-dealkylation sites (tertiary alicyclic amines) is 1. The van der Waals surface area contributed by atoms with Crippen molar-refractivity contribution in [1.82, 2.24) is 20.4 Å². The smallest absolute Gasteiger partial charge is 0.356 e. The molecule has 1 saturated heterocycles. The van der Waals surface area contributed by atoms with Crippen LogP contribution in [0.4, 0.5) is 13.2 Å². The third-order valence-electron chi connectivity index (χ3n) is 5.07. The van der Waals surface area contributed by atoms with E-state index in [1.54, 1.807) is 12.3 Å². The molecule has 0 spiro atoms. The van der Waals surface area contributed by atoms with Crippen molar-refractivity contribution in [2.45, 2.75) is 38.9 Å². The van der Waals surface area contributed by atoms with Crippen molar-refractivity contribution >= 4 is 11.8 Å². The predicted molar refractivity (Wildman–Crippen MR) is 99.6 cm³/mol. The summed E-state index contributed by atoms with van der Waals surface area (Å²) < 4.78 is 38.5. The van der Waals surface area contributed by atoms with Crippen molar-refractivity contribution in [2.75, 3.05) is 13.1 Å². The maximum Gasteiger partial charge on any atom is 0.416 e. The lowest BCUT2D eigenvalue weighted by Crippen LogP contribution is -2.33. The maximum atomic E-state index is 12.8. The molecule has 2 amide bonds. The van der Waals surface area contributed by atoms with Gasteiger partial charge < -0.3 is 10.2 Å². The minimum absolute atomic E-state index is 0.0618. The Labute approximate surface area is 166 Å². The van der Waals surface area contributed by atoms with Gasteiger partial charge in [-0.15, -0.1) is 0 Å². The lowest BCUT2D eigenvalue weighted by atomic mass is 10.1. The number of alkyl halides is 3. The van der Waals surface area contributed by atoms with E-state index in [1.165, 1.54) is 11.0 Å². The van der Waals surface area contributed by atoms with Crippen LogP contribution in [0.3, 0.4) is 0 Å². The van der Waals surface area contributed by atoms with Gasteiger partial charge in [0, 0.05) is 31.7 Å². The van der Waals surface area contributed by atoms with Crippen molar-refractivity contribution < 1.29 is 22.8 Å². The summed E-state index contributed by atoms with van der Waals surface area (Å²) in [6, 6.07) is 4.91. The van der Waals surface area contributed by atoms with Crippen LogP contribution in [-0.2, 0) is 28.7 Å². The number of hydrogen-bond donors (Lipinski definition) is 2. The summed E-state index contributed by atoms with van der Waals surface area (Å²) in [5.41, 5.74) is 1.75. The lowest BCUT2D eigenvalue weighted by Gasteiger charge is -2.17. The summed E-state index contributed by atoms with van der Waals surface area (Å²) in [7, 11) is 0. The zero-order chi connectivity index (χ0) is 21.0. The molecule has 1 fully saturated rings. The zero-order valence-corrected chi connectivity index (χ0v) is 16.1. The van der Waals surface area contributed by atoms with Crippen LogP contribution in [0.1, 0.15) is 35.2 Å². The molecular weight excluding hydrogens is 385 g/mol. The maximum absolute atomic E-state index is 12.8. The van der Waals surface area contributed by atoms with E-state index in [0.29, 0.717) is 12.1 Å². The highest BCUT2D eigenvalue weighted by Crippen LogP contribution is 2.30. The summed E-state index contributed by atoms with van der Waals surface area (Å²) in [4.78, 5) is 26.0. The molecule has 0 radical (unpaired) electrons. The van der Waals surface area contributed by atoms with Crippen LogP contribution in [0.2, 0.25) is 0 Å². The number of aromatic amines is 1. The number of nitrogens with zero attached hydrogens (tertiary/aromatic N) is 2. The number of rotatable bonds is 7. The van der Waals surface area contributed by atoms with E-state index in [1.807, 2.05) is 6.92 Å². The zero-order valence-electron chi connectivity index (χ0n) is 16.1. The van der Waals surface area contributed by atoms with E-state index >= 15 is 0 Å². The topological polar surface area (TPSA) is 78.1 Å². The van der Waals surface area contributed by atoms with Crippen molar-refractivity contribution in [1.29, 1.82) is 0 Å². The Balaban J connectivity index is 1.48. The number of nitrogens with one attached hydrogen (secondary N) is 2. The molecule has 2 N–H and O–H groups in total. The largest absolute Gasteiger partial charge is 0.416 e. The van der Waals surface area contributed by atoms with E-state index in [0.717, 1.165) is 36.2 Å². The van der Waals surface area contributed by atoms with Gasteiger partial charge in [0.15, 0.2) is 0 Å². The van der Waals surface area contributed by atoms with Gasteiger partial charge in [-0.25, -0.2) is 0 Å². The van der Waals surface area contributed by atoms with E-state index in [4.69, 9.17) is 0 Å². The molecular formula is C20H23F3N4O2. The average molecular weight is 408 g/mol. The van der Waals surface area contributed by atoms with Crippen LogP contribution in [-0.4, -0.2) is 40.0 Å². The van der Waals surface area contributed by atoms with Gasteiger partial charge in [0.1, 0.15) is 0 Å². The van der Waals surface area contributed by atoms with Crippen LogP contribution in [0.15, 0.2) is 30.5 Å². The number of halogens is 3. The first-order chi connectivity index (χ1) is 13.7. The molecule has 6 nitrogen and oxygen atoms in total.